The van der Waals surface area contributed by atoms with E-state index in [1.165, 1.54) is 0 Å². The summed E-state index contributed by atoms with van der Waals surface area (Å²) >= 11 is 6.02. The van der Waals surface area contributed by atoms with E-state index in [-0.39, 0.29) is 11.9 Å². The van der Waals surface area contributed by atoms with Crippen molar-refractivity contribution in [1.29, 1.82) is 0 Å². The van der Waals surface area contributed by atoms with Gasteiger partial charge in [0, 0.05) is 23.2 Å². The topological polar surface area (TPSA) is 46.3 Å². The van der Waals surface area contributed by atoms with Crippen molar-refractivity contribution in [1.82, 2.24) is 10.1 Å². The van der Waals surface area contributed by atoms with Crippen molar-refractivity contribution < 1.29 is 9.32 Å². The highest BCUT2D eigenvalue weighted by Gasteiger charge is 2.32. The van der Waals surface area contributed by atoms with Crippen molar-refractivity contribution in [2.75, 3.05) is 6.54 Å². The number of hydrogen-bond donors (Lipinski definition) is 0. The fourth-order valence-corrected chi connectivity index (χ4v) is 3.52. The van der Waals surface area contributed by atoms with Crippen molar-refractivity contribution in [3.8, 4) is 11.3 Å². The number of aromatic nitrogens is 1. The van der Waals surface area contributed by atoms with Crippen LogP contribution >= 0.6 is 11.6 Å². The molecule has 4 nitrogen and oxygen atoms in total. The summed E-state index contributed by atoms with van der Waals surface area (Å²) in [4.78, 5) is 14.8. The van der Waals surface area contributed by atoms with Gasteiger partial charge in [-0.15, -0.1) is 0 Å². The quantitative estimate of drug-likeness (QED) is 0.668. The zero-order chi connectivity index (χ0) is 17.2. The number of benzene rings is 2. The SMILES string of the molecule is O=C(c1cc(-c2cccc(Cl)c2)on1)N1CCC[C@H]1c1ccccc1. The first-order chi connectivity index (χ1) is 12.2. The number of halogens is 1. The molecule has 5 heteroatoms. The van der Waals surface area contributed by atoms with Crippen LogP contribution in [0.2, 0.25) is 5.02 Å². The summed E-state index contributed by atoms with van der Waals surface area (Å²) in [5.74, 6) is 0.449. The predicted molar refractivity (Wildman–Crippen MR) is 96.4 cm³/mol. The number of rotatable bonds is 3. The van der Waals surface area contributed by atoms with Crippen molar-refractivity contribution in [2.45, 2.75) is 18.9 Å². The van der Waals surface area contributed by atoms with E-state index in [0.717, 1.165) is 30.5 Å². The first-order valence-corrected chi connectivity index (χ1v) is 8.69. The molecule has 0 saturated carbocycles. The highest BCUT2D eigenvalue weighted by Crippen LogP contribution is 2.33. The summed E-state index contributed by atoms with van der Waals surface area (Å²) in [6.07, 6.45) is 1.96. The molecule has 4 rings (SSSR count). The van der Waals surface area contributed by atoms with Crippen LogP contribution in [-0.4, -0.2) is 22.5 Å². The Bertz CT molecular complexity index is 891. The van der Waals surface area contributed by atoms with Gasteiger partial charge in [0.25, 0.3) is 5.91 Å². The molecule has 0 N–H and O–H groups in total. The Hall–Kier alpha value is -2.59. The third kappa shape index (κ3) is 3.17. The lowest BCUT2D eigenvalue weighted by atomic mass is 10.0. The van der Waals surface area contributed by atoms with E-state index < -0.39 is 0 Å². The maximum absolute atomic E-state index is 12.9. The Morgan fingerprint density at radius 1 is 1.12 bits per heavy atom. The minimum atomic E-state index is -0.0941. The number of amides is 1. The van der Waals surface area contributed by atoms with E-state index in [0.29, 0.717) is 16.5 Å². The van der Waals surface area contributed by atoms with Gasteiger partial charge in [-0.3, -0.25) is 4.79 Å². The molecular formula is C20H17ClN2O2. The van der Waals surface area contributed by atoms with Crippen LogP contribution in [0.25, 0.3) is 11.3 Å². The molecule has 25 heavy (non-hydrogen) atoms. The lowest BCUT2D eigenvalue weighted by molar-refractivity contribution is 0.0725. The van der Waals surface area contributed by atoms with Gasteiger partial charge in [-0.2, -0.15) is 0 Å². The number of nitrogens with zero attached hydrogens (tertiary/aromatic N) is 2. The number of hydrogen-bond acceptors (Lipinski definition) is 3. The zero-order valence-electron chi connectivity index (χ0n) is 13.6. The highest BCUT2D eigenvalue weighted by atomic mass is 35.5. The van der Waals surface area contributed by atoms with E-state index in [1.54, 1.807) is 18.2 Å². The van der Waals surface area contributed by atoms with Crippen LogP contribution in [0.15, 0.2) is 65.2 Å². The molecule has 3 aromatic rings. The molecular weight excluding hydrogens is 336 g/mol. The molecule has 0 aliphatic carbocycles. The second kappa shape index (κ2) is 6.73. The third-order valence-electron chi connectivity index (χ3n) is 4.54. The van der Waals surface area contributed by atoms with Gasteiger partial charge in [-0.25, -0.2) is 0 Å². The molecule has 2 aromatic carbocycles. The largest absolute Gasteiger partial charge is 0.355 e. The van der Waals surface area contributed by atoms with Gasteiger partial charge in [0.2, 0.25) is 0 Å². The van der Waals surface area contributed by atoms with Gasteiger partial charge >= 0.3 is 0 Å². The first-order valence-electron chi connectivity index (χ1n) is 8.31. The lowest BCUT2D eigenvalue weighted by Crippen LogP contribution is -2.30. The highest BCUT2D eigenvalue weighted by molar-refractivity contribution is 6.30. The molecule has 1 fully saturated rings. The zero-order valence-corrected chi connectivity index (χ0v) is 14.3. The Morgan fingerprint density at radius 3 is 2.76 bits per heavy atom. The lowest BCUT2D eigenvalue weighted by Gasteiger charge is -2.24. The maximum Gasteiger partial charge on any atom is 0.276 e. The van der Waals surface area contributed by atoms with Crippen molar-refractivity contribution in [3.05, 3.63) is 76.9 Å². The van der Waals surface area contributed by atoms with E-state index >= 15 is 0 Å². The standard InChI is InChI=1S/C20H17ClN2O2/c21-16-9-4-8-15(12-16)19-13-17(22-25-19)20(24)23-11-5-10-18(23)14-6-2-1-3-7-14/h1-4,6-9,12-13,18H,5,10-11H2/t18-/m0/s1. The minimum Gasteiger partial charge on any atom is -0.355 e. The van der Waals surface area contributed by atoms with Gasteiger partial charge in [-0.05, 0) is 30.5 Å². The first kappa shape index (κ1) is 15.9. The number of carbonyl (C=O) groups excluding carboxylic acids is 1. The summed E-state index contributed by atoms with van der Waals surface area (Å²) < 4.78 is 5.37. The van der Waals surface area contributed by atoms with E-state index in [1.807, 2.05) is 35.2 Å². The summed E-state index contributed by atoms with van der Waals surface area (Å²) in [5.41, 5.74) is 2.30. The van der Waals surface area contributed by atoms with Crippen LogP contribution in [0.5, 0.6) is 0 Å². The fourth-order valence-electron chi connectivity index (χ4n) is 3.33. The van der Waals surface area contributed by atoms with Gasteiger partial charge < -0.3 is 9.42 Å². The Morgan fingerprint density at radius 2 is 1.96 bits per heavy atom. The molecule has 1 aliphatic rings. The second-order valence-corrected chi connectivity index (χ2v) is 6.59. The molecule has 0 spiro atoms. The molecule has 1 saturated heterocycles. The Kier molecular flexibility index (Phi) is 4.28. The second-order valence-electron chi connectivity index (χ2n) is 6.15. The van der Waals surface area contributed by atoms with Gasteiger partial charge in [0.15, 0.2) is 11.5 Å². The Labute approximate surface area is 151 Å². The van der Waals surface area contributed by atoms with E-state index in [2.05, 4.69) is 17.3 Å². The molecule has 0 bridgehead atoms. The van der Waals surface area contributed by atoms with Crippen LogP contribution in [0.3, 0.4) is 0 Å². The van der Waals surface area contributed by atoms with Crippen molar-refractivity contribution in [3.63, 3.8) is 0 Å². The minimum absolute atomic E-state index is 0.0941. The van der Waals surface area contributed by atoms with E-state index in [9.17, 15) is 4.79 Å². The average molecular weight is 353 g/mol. The normalized spacial score (nSPS) is 17.0. The van der Waals surface area contributed by atoms with Crippen LogP contribution in [0, 0.1) is 0 Å². The predicted octanol–water partition coefficient (Wildman–Crippen LogP) is 4.97. The third-order valence-corrected chi connectivity index (χ3v) is 4.77. The molecule has 1 atom stereocenters. The Balaban J connectivity index is 1.59. The molecule has 1 aliphatic heterocycles. The van der Waals surface area contributed by atoms with Crippen molar-refractivity contribution in [2.24, 2.45) is 0 Å². The van der Waals surface area contributed by atoms with Crippen LogP contribution < -0.4 is 0 Å². The van der Waals surface area contributed by atoms with E-state index in [4.69, 9.17) is 16.1 Å². The fraction of sp³-hybridized carbons (Fsp3) is 0.200. The average Bonchev–Trinajstić information content (AvgIpc) is 3.32. The van der Waals surface area contributed by atoms with Gasteiger partial charge in [0.1, 0.15) is 0 Å². The summed E-state index contributed by atoms with van der Waals surface area (Å²) in [5, 5.41) is 4.60. The monoisotopic (exact) mass is 352 g/mol. The number of carbonyl (C=O) groups is 1. The van der Waals surface area contributed by atoms with Crippen LogP contribution in [-0.2, 0) is 0 Å². The van der Waals surface area contributed by atoms with Crippen molar-refractivity contribution >= 4 is 17.5 Å². The van der Waals surface area contributed by atoms with Crippen LogP contribution in [0.1, 0.15) is 34.9 Å². The summed E-state index contributed by atoms with van der Waals surface area (Å²) in [7, 11) is 0. The van der Waals surface area contributed by atoms with Gasteiger partial charge in [0.05, 0.1) is 6.04 Å². The molecule has 1 aromatic heterocycles. The smallest absolute Gasteiger partial charge is 0.276 e. The van der Waals surface area contributed by atoms with Crippen LogP contribution in [0.4, 0.5) is 0 Å². The molecule has 0 unspecified atom stereocenters. The maximum atomic E-state index is 12.9. The molecule has 126 valence electrons. The summed E-state index contributed by atoms with van der Waals surface area (Å²) in [6.45, 7) is 0.734. The summed E-state index contributed by atoms with van der Waals surface area (Å²) in [6, 6.07) is 19.2. The molecule has 2 heterocycles. The molecule has 1 amide bonds. The molecule has 0 radical (unpaired) electrons. The number of likely N-dealkylation sites (tertiary alicyclic amines) is 1. The van der Waals surface area contributed by atoms with Gasteiger partial charge in [-0.1, -0.05) is 59.2 Å².